The minimum atomic E-state index is -4.44. The minimum absolute atomic E-state index is 0.162. The monoisotopic (exact) mass is 301 g/mol. The number of nitrogens with zero attached hydrogens (tertiary/aromatic N) is 2. The highest BCUT2D eigenvalue weighted by Crippen LogP contribution is 2.37. The van der Waals surface area contributed by atoms with Crippen molar-refractivity contribution < 1.29 is 13.2 Å². The van der Waals surface area contributed by atoms with E-state index < -0.39 is 11.9 Å². The molecule has 20 heavy (non-hydrogen) atoms. The second kappa shape index (κ2) is 5.88. The maximum atomic E-state index is 13.0. The van der Waals surface area contributed by atoms with Crippen LogP contribution in [-0.2, 0) is 12.7 Å². The van der Waals surface area contributed by atoms with Gasteiger partial charge in [0, 0.05) is 12.7 Å². The SMILES string of the molecule is CCNCc1sc(-c2ncccc2C)nc1C(F)(F)F. The maximum Gasteiger partial charge on any atom is 0.434 e. The molecule has 3 nitrogen and oxygen atoms in total. The summed E-state index contributed by atoms with van der Waals surface area (Å²) in [6, 6.07) is 3.55. The molecule has 0 unspecified atom stereocenters. The first-order chi connectivity index (χ1) is 9.43. The van der Waals surface area contributed by atoms with Crippen molar-refractivity contribution in [3.8, 4) is 10.7 Å². The smallest absolute Gasteiger partial charge is 0.312 e. The molecule has 0 aliphatic carbocycles. The molecule has 0 spiro atoms. The Morgan fingerprint density at radius 2 is 2.10 bits per heavy atom. The lowest BCUT2D eigenvalue weighted by Crippen LogP contribution is -2.15. The average Bonchev–Trinajstić information content (AvgIpc) is 2.80. The van der Waals surface area contributed by atoms with Gasteiger partial charge in [-0.25, -0.2) is 4.98 Å². The zero-order valence-corrected chi connectivity index (χ0v) is 11.9. The van der Waals surface area contributed by atoms with Crippen LogP contribution in [0.15, 0.2) is 18.3 Å². The van der Waals surface area contributed by atoms with Gasteiger partial charge in [-0.2, -0.15) is 13.2 Å². The predicted molar refractivity (Wildman–Crippen MR) is 72.5 cm³/mol. The van der Waals surface area contributed by atoms with Gasteiger partial charge in [0.15, 0.2) is 5.69 Å². The normalized spacial score (nSPS) is 11.8. The van der Waals surface area contributed by atoms with Gasteiger partial charge in [-0.3, -0.25) is 4.98 Å². The van der Waals surface area contributed by atoms with Gasteiger partial charge in [0.25, 0.3) is 0 Å². The van der Waals surface area contributed by atoms with Gasteiger partial charge in [-0.15, -0.1) is 11.3 Å². The number of alkyl halides is 3. The Labute approximate surface area is 118 Å². The van der Waals surface area contributed by atoms with E-state index in [1.165, 1.54) is 0 Å². The fourth-order valence-electron chi connectivity index (χ4n) is 1.74. The Balaban J connectivity index is 2.46. The average molecular weight is 301 g/mol. The van der Waals surface area contributed by atoms with Crippen molar-refractivity contribution in [3.63, 3.8) is 0 Å². The molecule has 2 aromatic heterocycles. The molecule has 2 aromatic rings. The molecule has 108 valence electrons. The molecule has 1 N–H and O–H groups in total. The molecule has 0 amide bonds. The van der Waals surface area contributed by atoms with Crippen LogP contribution in [0.4, 0.5) is 13.2 Å². The van der Waals surface area contributed by atoms with Gasteiger partial charge in [-0.05, 0) is 25.1 Å². The van der Waals surface area contributed by atoms with Crippen LogP contribution in [0.1, 0.15) is 23.1 Å². The number of pyridine rings is 1. The van der Waals surface area contributed by atoms with Crippen LogP contribution >= 0.6 is 11.3 Å². The Morgan fingerprint density at radius 3 is 2.70 bits per heavy atom. The summed E-state index contributed by atoms with van der Waals surface area (Å²) >= 11 is 1.04. The topological polar surface area (TPSA) is 37.8 Å². The summed E-state index contributed by atoms with van der Waals surface area (Å²) in [4.78, 5) is 8.08. The standard InChI is InChI=1S/C13H14F3N3S/c1-3-17-7-9-11(13(14,15)16)19-12(20-9)10-8(2)5-4-6-18-10/h4-6,17H,3,7H2,1-2H3. The van der Waals surface area contributed by atoms with Crippen LogP contribution < -0.4 is 5.32 Å². The number of halogens is 3. The molecule has 0 bridgehead atoms. The summed E-state index contributed by atoms with van der Waals surface area (Å²) in [5.41, 5.74) is 0.499. The number of thiazole rings is 1. The van der Waals surface area contributed by atoms with Gasteiger partial charge in [0.1, 0.15) is 10.7 Å². The minimum Gasteiger partial charge on any atom is -0.312 e. The Bertz CT molecular complexity index is 593. The van der Waals surface area contributed by atoms with E-state index in [4.69, 9.17) is 0 Å². The van der Waals surface area contributed by atoms with Crippen molar-refractivity contribution in [3.05, 3.63) is 34.5 Å². The lowest BCUT2D eigenvalue weighted by Gasteiger charge is -2.05. The summed E-state index contributed by atoms with van der Waals surface area (Å²) < 4.78 is 39.0. The molecule has 2 heterocycles. The fraction of sp³-hybridized carbons (Fsp3) is 0.385. The van der Waals surface area contributed by atoms with E-state index in [1.807, 2.05) is 6.92 Å². The Hall–Kier alpha value is -1.47. The van der Waals surface area contributed by atoms with Crippen LogP contribution in [0.5, 0.6) is 0 Å². The van der Waals surface area contributed by atoms with E-state index >= 15 is 0 Å². The van der Waals surface area contributed by atoms with Crippen molar-refractivity contribution >= 4 is 11.3 Å². The Kier molecular flexibility index (Phi) is 4.39. The summed E-state index contributed by atoms with van der Waals surface area (Å²) in [5.74, 6) is 0. The van der Waals surface area contributed by atoms with Gasteiger partial charge >= 0.3 is 6.18 Å². The lowest BCUT2D eigenvalue weighted by atomic mass is 10.2. The van der Waals surface area contributed by atoms with Crippen LogP contribution in [0, 0.1) is 6.92 Å². The largest absolute Gasteiger partial charge is 0.434 e. The molecule has 0 aromatic carbocycles. The molecule has 0 saturated carbocycles. The highest BCUT2D eigenvalue weighted by Gasteiger charge is 2.37. The van der Waals surface area contributed by atoms with Gasteiger partial charge in [0.2, 0.25) is 0 Å². The van der Waals surface area contributed by atoms with Crippen LogP contribution in [-0.4, -0.2) is 16.5 Å². The third-order valence-corrected chi connectivity index (χ3v) is 3.78. The molecule has 2 rings (SSSR count). The highest BCUT2D eigenvalue weighted by atomic mass is 32.1. The van der Waals surface area contributed by atoms with Crippen LogP contribution in [0.2, 0.25) is 0 Å². The molecule has 0 aliphatic rings. The molecule has 7 heteroatoms. The summed E-state index contributed by atoms with van der Waals surface area (Å²) in [6.07, 6.45) is -2.89. The van der Waals surface area contributed by atoms with Crippen molar-refractivity contribution in [2.75, 3.05) is 6.54 Å². The first-order valence-electron chi connectivity index (χ1n) is 6.13. The van der Waals surface area contributed by atoms with E-state index in [0.29, 0.717) is 17.2 Å². The van der Waals surface area contributed by atoms with Crippen molar-refractivity contribution in [1.29, 1.82) is 0 Å². The van der Waals surface area contributed by atoms with Crippen molar-refractivity contribution in [1.82, 2.24) is 15.3 Å². The van der Waals surface area contributed by atoms with Crippen LogP contribution in [0.25, 0.3) is 10.7 Å². The van der Waals surface area contributed by atoms with E-state index in [0.717, 1.165) is 16.9 Å². The zero-order chi connectivity index (χ0) is 14.8. The summed E-state index contributed by atoms with van der Waals surface area (Å²) in [6.45, 7) is 4.42. The molecule has 0 atom stereocenters. The van der Waals surface area contributed by atoms with Crippen molar-refractivity contribution in [2.24, 2.45) is 0 Å². The maximum absolute atomic E-state index is 13.0. The van der Waals surface area contributed by atoms with Gasteiger partial charge in [0.05, 0.1) is 4.88 Å². The molecule has 0 aliphatic heterocycles. The molecular formula is C13H14F3N3S. The lowest BCUT2D eigenvalue weighted by molar-refractivity contribution is -0.141. The highest BCUT2D eigenvalue weighted by molar-refractivity contribution is 7.15. The fourth-order valence-corrected chi connectivity index (χ4v) is 2.86. The van der Waals surface area contributed by atoms with E-state index in [1.54, 1.807) is 25.3 Å². The third-order valence-electron chi connectivity index (χ3n) is 2.71. The number of hydrogen-bond donors (Lipinski definition) is 1. The molecule has 0 radical (unpaired) electrons. The number of nitrogens with one attached hydrogen (secondary N) is 1. The first kappa shape index (κ1) is 14.9. The number of rotatable bonds is 4. The number of aromatic nitrogens is 2. The molecule has 0 fully saturated rings. The predicted octanol–water partition coefficient (Wildman–Crippen LogP) is 3.64. The van der Waals surface area contributed by atoms with Gasteiger partial charge in [-0.1, -0.05) is 13.0 Å². The van der Waals surface area contributed by atoms with Gasteiger partial charge < -0.3 is 5.32 Å². The van der Waals surface area contributed by atoms with E-state index in [2.05, 4.69) is 15.3 Å². The third kappa shape index (κ3) is 3.16. The van der Waals surface area contributed by atoms with E-state index in [-0.39, 0.29) is 11.4 Å². The Morgan fingerprint density at radius 1 is 1.35 bits per heavy atom. The van der Waals surface area contributed by atoms with Crippen molar-refractivity contribution in [2.45, 2.75) is 26.6 Å². The second-order valence-electron chi connectivity index (χ2n) is 4.24. The van der Waals surface area contributed by atoms with Crippen LogP contribution in [0.3, 0.4) is 0 Å². The van der Waals surface area contributed by atoms with E-state index in [9.17, 15) is 13.2 Å². The summed E-state index contributed by atoms with van der Waals surface area (Å²) in [7, 11) is 0. The summed E-state index contributed by atoms with van der Waals surface area (Å²) in [5, 5.41) is 3.22. The molecular weight excluding hydrogens is 287 g/mol. The second-order valence-corrected chi connectivity index (χ2v) is 5.32. The quantitative estimate of drug-likeness (QED) is 0.937. The molecule has 0 saturated heterocycles. The number of aryl methyl sites for hydroxylation is 1. The first-order valence-corrected chi connectivity index (χ1v) is 6.94. The number of hydrogen-bond acceptors (Lipinski definition) is 4. The zero-order valence-electron chi connectivity index (χ0n) is 11.1.